The quantitative estimate of drug-likeness (QED) is 0.900. The molecule has 2 aromatic rings. The summed E-state index contributed by atoms with van der Waals surface area (Å²) in [6.07, 6.45) is 4.41. The van der Waals surface area contributed by atoms with E-state index in [4.69, 9.17) is 4.42 Å². The van der Waals surface area contributed by atoms with Crippen LogP contribution in [0, 0.1) is 0 Å². The average molecular weight is 343 g/mol. The minimum Gasteiger partial charge on any atom is -0.448 e. The number of amides is 1. The molecule has 1 aliphatic carbocycles. The molecular formula is C17H21N5O3. The number of H-pyrrole nitrogens is 1. The summed E-state index contributed by atoms with van der Waals surface area (Å²) in [6.45, 7) is 1.16. The number of nitrogens with zero attached hydrogens (tertiary/aromatic N) is 4. The van der Waals surface area contributed by atoms with Gasteiger partial charge in [0.25, 0.3) is 11.5 Å². The second-order valence-corrected chi connectivity index (χ2v) is 6.97. The van der Waals surface area contributed by atoms with Gasteiger partial charge in [0.2, 0.25) is 5.95 Å². The smallest absolute Gasteiger partial charge is 0.275 e. The highest BCUT2D eigenvalue weighted by atomic mass is 16.3. The number of rotatable bonds is 4. The molecule has 1 amide bonds. The number of nitrogens with one attached hydrogen (secondary N) is 1. The van der Waals surface area contributed by atoms with Crippen molar-refractivity contribution in [2.75, 3.05) is 32.1 Å². The first kappa shape index (κ1) is 15.9. The van der Waals surface area contributed by atoms with Crippen molar-refractivity contribution in [3.8, 4) is 0 Å². The molecule has 1 atom stereocenters. The van der Waals surface area contributed by atoms with E-state index in [0.717, 1.165) is 25.0 Å². The zero-order valence-electron chi connectivity index (χ0n) is 14.4. The van der Waals surface area contributed by atoms with Gasteiger partial charge in [-0.3, -0.25) is 14.6 Å². The van der Waals surface area contributed by atoms with Crippen LogP contribution in [0.1, 0.15) is 53.2 Å². The van der Waals surface area contributed by atoms with Crippen molar-refractivity contribution in [3.63, 3.8) is 0 Å². The first-order valence-corrected chi connectivity index (χ1v) is 8.54. The topological polar surface area (TPSA) is 95.3 Å². The van der Waals surface area contributed by atoms with E-state index in [2.05, 4.69) is 15.0 Å². The minimum atomic E-state index is -0.177. The average Bonchev–Trinajstić information content (AvgIpc) is 3.12. The molecule has 0 radical (unpaired) electrons. The molecule has 1 aliphatic heterocycles. The van der Waals surface area contributed by atoms with Crippen molar-refractivity contribution in [3.05, 3.63) is 40.0 Å². The van der Waals surface area contributed by atoms with Crippen molar-refractivity contribution in [1.82, 2.24) is 19.9 Å². The predicted octanol–water partition coefficient (Wildman–Crippen LogP) is 1.33. The SMILES string of the molecule is CN(C)c1nc(C2CCN(C(=O)c3coc(C4CC4)n3)C2)cc(=O)[nH]1. The lowest BCUT2D eigenvalue weighted by Crippen LogP contribution is -2.29. The Morgan fingerprint density at radius 3 is 2.80 bits per heavy atom. The molecule has 1 saturated heterocycles. The maximum absolute atomic E-state index is 12.6. The Labute approximate surface area is 144 Å². The van der Waals surface area contributed by atoms with Crippen LogP contribution < -0.4 is 10.5 Å². The van der Waals surface area contributed by atoms with Gasteiger partial charge in [-0.1, -0.05) is 0 Å². The molecule has 3 heterocycles. The summed E-state index contributed by atoms with van der Waals surface area (Å²) in [4.78, 5) is 39.6. The van der Waals surface area contributed by atoms with Crippen LogP contribution in [0.3, 0.4) is 0 Å². The highest BCUT2D eigenvalue weighted by Crippen LogP contribution is 2.39. The highest BCUT2D eigenvalue weighted by Gasteiger charge is 2.33. The van der Waals surface area contributed by atoms with Gasteiger partial charge in [0, 0.05) is 45.1 Å². The summed E-state index contributed by atoms with van der Waals surface area (Å²) in [5.41, 5.74) is 0.918. The van der Waals surface area contributed by atoms with Gasteiger partial charge in [0.05, 0.1) is 5.69 Å². The highest BCUT2D eigenvalue weighted by molar-refractivity contribution is 5.92. The Kier molecular flexibility index (Phi) is 3.82. The van der Waals surface area contributed by atoms with Crippen molar-refractivity contribution in [1.29, 1.82) is 0 Å². The van der Waals surface area contributed by atoms with Gasteiger partial charge < -0.3 is 14.2 Å². The molecule has 1 N–H and O–H groups in total. The van der Waals surface area contributed by atoms with Gasteiger partial charge in [-0.05, 0) is 19.3 Å². The van der Waals surface area contributed by atoms with Crippen LogP contribution in [-0.2, 0) is 0 Å². The second-order valence-electron chi connectivity index (χ2n) is 6.97. The molecule has 8 heteroatoms. The fourth-order valence-corrected chi connectivity index (χ4v) is 3.14. The predicted molar refractivity (Wildman–Crippen MR) is 90.9 cm³/mol. The molecule has 2 aromatic heterocycles. The van der Waals surface area contributed by atoms with Crippen molar-refractivity contribution >= 4 is 11.9 Å². The Balaban J connectivity index is 1.49. The number of likely N-dealkylation sites (tertiary alicyclic amines) is 1. The third-order valence-corrected chi connectivity index (χ3v) is 4.73. The third-order valence-electron chi connectivity index (χ3n) is 4.73. The maximum atomic E-state index is 12.6. The molecule has 2 aliphatic rings. The number of hydrogen-bond donors (Lipinski definition) is 1. The van der Waals surface area contributed by atoms with E-state index in [1.165, 1.54) is 12.3 Å². The summed E-state index contributed by atoms with van der Waals surface area (Å²) in [5, 5.41) is 0. The Morgan fingerprint density at radius 1 is 1.28 bits per heavy atom. The number of anilines is 1. The standard InChI is InChI=1S/C17H21N5O3/c1-21(2)17-19-12(7-14(23)20-17)11-5-6-22(8-11)16(24)13-9-25-15(18-13)10-3-4-10/h7,9-11H,3-6,8H2,1-2H3,(H,19,20,23). The molecule has 4 rings (SSSR count). The van der Waals surface area contributed by atoms with E-state index in [0.29, 0.717) is 36.5 Å². The number of hydrogen-bond acceptors (Lipinski definition) is 6. The molecule has 1 unspecified atom stereocenters. The van der Waals surface area contributed by atoms with Crippen LogP contribution in [0.2, 0.25) is 0 Å². The van der Waals surface area contributed by atoms with E-state index in [-0.39, 0.29) is 17.4 Å². The lowest BCUT2D eigenvalue weighted by atomic mass is 10.1. The van der Waals surface area contributed by atoms with Crippen LogP contribution in [0.25, 0.3) is 0 Å². The fourth-order valence-electron chi connectivity index (χ4n) is 3.14. The summed E-state index contributed by atoms with van der Waals surface area (Å²) in [5.74, 6) is 1.52. The number of oxazole rings is 1. The monoisotopic (exact) mass is 343 g/mol. The largest absolute Gasteiger partial charge is 0.448 e. The van der Waals surface area contributed by atoms with Gasteiger partial charge in [0.15, 0.2) is 11.6 Å². The van der Waals surface area contributed by atoms with Gasteiger partial charge >= 0.3 is 0 Å². The van der Waals surface area contributed by atoms with Gasteiger partial charge in [-0.15, -0.1) is 0 Å². The Bertz CT molecular complexity index is 852. The normalized spacial score (nSPS) is 20.1. The Hall–Kier alpha value is -2.64. The van der Waals surface area contributed by atoms with Crippen molar-refractivity contribution < 1.29 is 9.21 Å². The summed E-state index contributed by atoms with van der Waals surface area (Å²) < 4.78 is 5.42. The molecule has 25 heavy (non-hydrogen) atoms. The van der Waals surface area contributed by atoms with Crippen LogP contribution in [0.4, 0.5) is 5.95 Å². The zero-order chi connectivity index (χ0) is 17.6. The third kappa shape index (κ3) is 3.16. The van der Waals surface area contributed by atoms with E-state index < -0.39 is 0 Å². The molecule has 0 bridgehead atoms. The summed E-state index contributed by atoms with van der Waals surface area (Å²) in [6, 6.07) is 1.52. The van der Waals surface area contributed by atoms with Gasteiger partial charge in [-0.2, -0.15) is 0 Å². The van der Waals surface area contributed by atoms with E-state index in [9.17, 15) is 9.59 Å². The summed E-state index contributed by atoms with van der Waals surface area (Å²) in [7, 11) is 3.66. The first-order valence-electron chi connectivity index (χ1n) is 8.54. The molecule has 1 saturated carbocycles. The molecule has 0 spiro atoms. The molecular weight excluding hydrogens is 322 g/mol. The van der Waals surface area contributed by atoms with Crippen LogP contribution in [-0.4, -0.2) is 52.9 Å². The number of aromatic amines is 1. The Morgan fingerprint density at radius 2 is 2.08 bits per heavy atom. The lowest BCUT2D eigenvalue weighted by molar-refractivity contribution is 0.0785. The molecule has 2 fully saturated rings. The first-order chi connectivity index (χ1) is 12.0. The minimum absolute atomic E-state index is 0.0553. The maximum Gasteiger partial charge on any atom is 0.275 e. The lowest BCUT2D eigenvalue weighted by Gasteiger charge is -2.16. The van der Waals surface area contributed by atoms with Crippen LogP contribution >= 0.6 is 0 Å². The number of carbonyl (C=O) groups excluding carboxylic acids is 1. The van der Waals surface area contributed by atoms with Crippen LogP contribution in [0.15, 0.2) is 21.5 Å². The van der Waals surface area contributed by atoms with E-state index >= 15 is 0 Å². The molecule has 132 valence electrons. The fraction of sp³-hybridized carbons (Fsp3) is 0.529. The number of aromatic nitrogens is 3. The van der Waals surface area contributed by atoms with E-state index in [1.54, 1.807) is 9.80 Å². The van der Waals surface area contributed by atoms with E-state index in [1.807, 2.05) is 14.1 Å². The van der Waals surface area contributed by atoms with Crippen LogP contribution in [0.5, 0.6) is 0 Å². The van der Waals surface area contributed by atoms with Gasteiger partial charge in [0.1, 0.15) is 6.26 Å². The van der Waals surface area contributed by atoms with Crippen molar-refractivity contribution in [2.24, 2.45) is 0 Å². The molecule has 0 aromatic carbocycles. The molecule has 8 nitrogen and oxygen atoms in total. The number of carbonyl (C=O) groups is 1. The zero-order valence-corrected chi connectivity index (χ0v) is 14.4. The van der Waals surface area contributed by atoms with Gasteiger partial charge in [-0.25, -0.2) is 9.97 Å². The van der Waals surface area contributed by atoms with Crippen molar-refractivity contribution in [2.45, 2.75) is 31.1 Å². The second kappa shape index (κ2) is 6.02. The summed E-state index contributed by atoms with van der Waals surface area (Å²) >= 11 is 0.